The number of hydrogen-bond donors (Lipinski definition) is 1. The first-order chi connectivity index (χ1) is 13.2. The number of ether oxygens (including phenoxy) is 2. The van der Waals surface area contributed by atoms with E-state index >= 15 is 0 Å². The molecule has 2 fully saturated rings. The van der Waals surface area contributed by atoms with Crippen LogP contribution in [-0.4, -0.2) is 23.8 Å². The molecule has 27 heavy (non-hydrogen) atoms. The van der Waals surface area contributed by atoms with E-state index in [1.54, 1.807) is 0 Å². The minimum absolute atomic E-state index is 0.163. The molecule has 0 saturated heterocycles. The lowest BCUT2D eigenvalue weighted by atomic mass is 9.82. The molecule has 4 atom stereocenters. The Kier molecular flexibility index (Phi) is 5.33. The molecule has 2 aliphatic carbocycles. The molecule has 4 heteroatoms. The van der Waals surface area contributed by atoms with Crippen molar-refractivity contribution in [3.05, 3.63) is 60.2 Å². The van der Waals surface area contributed by atoms with Gasteiger partial charge >= 0.3 is 5.97 Å². The fraction of sp³-hybridized carbons (Fsp3) is 0.435. The van der Waals surface area contributed by atoms with Crippen LogP contribution >= 0.6 is 0 Å². The van der Waals surface area contributed by atoms with E-state index in [0.717, 1.165) is 30.8 Å². The van der Waals surface area contributed by atoms with Crippen molar-refractivity contribution >= 4 is 5.97 Å². The first-order valence-electron chi connectivity index (χ1n) is 9.86. The summed E-state index contributed by atoms with van der Waals surface area (Å²) in [6.45, 7) is 0.493. The Morgan fingerprint density at radius 1 is 0.963 bits per heavy atom. The molecule has 0 heterocycles. The minimum Gasteiger partial charge on any atom is -0.493 e. The standard InChI is InChI=1S/C23H26O4/c24-23(25)22-14-18(22)15-26-19-11-9-16(10-12-19)17-5-4-8-21(13-17)27-20-6-2-1-3-7-20/h1-3,6-7,9-12,17-18,21-22H,4-5,8,13-15H2,(H,24,25)/t17-,18+,21-,22-/m1/s1. The van der Waals surface area contributed by atoms with Crippen molar-refractivity contribution in [1.29, 1.82) is 0 Å². The van der Waals surface area contributed by atoms with Gasteiger partial charge in [0.25, 0.3) is 0 Å². The van der Waals surface area contributed by atoms with Crippen LogP contribution in [0, 0.1) is 11.8 Å². The molecule has 0 amide bonds. The van der Waals surface area contributed by atoms with Crippen LogP contribution in [0.25, 0.3) is 0 Å². The summed E-state index contributed by atoms with van der Waals surface area (Å²) in [5.74, 6) is 1.53. The lowest BCUT2D eigenvalue weighted by molar-refractivity contribution is -0.138. The highest BCUT2D eigenvalue weighted by molar-refractivity contribution is 5.73. The van der Waals surface area contributed by atoms with Gasteiger partial charge in [0, 0.05) is 5.92 Å². The van der Waals surface area contributed by atoms with Gasteiger partial charge in [0.15, 0.2) is 0 Å². The zero-order valence-corrected chi connectivity index (χ0v) is 15.4. The molecule has 1 N–H and O–H groups in total. The van der Waals surface area contributed by atoms with Gasteiger partial charge in [-0.1, -0.05) is 30.3 Å². The zero-order chi connectivity index (χ0) is 18.6. The van der Waals surface area contributed by atoms with Crippen molar-refractivity contribution in [2.24, 2.45) is 11.8 Å². The smallest absolute Gasteiger partial charge is 0.306 e. The number of para-hydroxylation sites is 1. The second-order valence-electron chi connectivity index (χ2n) is 7.74. The van der Waals surface area contributed by atoms with E-state index in [1.165, 1.54) is 18.4 Å². The number of hydrogen-bond acceptors (Lipinski definition) is 3. The number of carboxylic acid groups (broad SMARTS) is 1. The van der Waals surface area contributed by atoms with Crippen molar-refractivity contribution in [2.75, 3.05) is 6.61 Å². The summed E-state index contributed by atoms with van der Waals surface area (Å²) >= 11 is 0. The fourth-order valence-corrected chi connectivity index (χ4v) is 4.02. The van der Waals surface area contributed by atoms with E-state index in [9.17, 15) is 4.79 Å². The van der Waals surface area contributed by atoms with Crippen LogP contribution in [0.2, 0.25) is 0 Å². The average molecular weight is 366 g/mol. The summed E-state index contributed by atoms with van der Waals surface area (Å²) in [4.78, 5) is 10.9. The van der Waals surface area contributed by atoms with Gasteiger partial charge < -0.3 is 14.6 Å². The Bertz CT molecular complexity index is 756. The highest BCUT2D eigenvalue weighted by atomic mass is 16.5. The van der Waals surface area contributed by atoms with Gasteiger partial charge in [-0.3, -0.25) is 4.79 Å². The van der Waals surface area contributed by atoms with Crippen molar-refractivity contribution < 1.29 is 19.4 Å². The molecule has 0 aromatic heterocycles. The van der Waals surface area contributed by atoms with Crippen LogP contribution in [0.5, 0.6) is 11.5 Å². The quantitative estimate of drug-likeness (QED) is 0.758. The topological polar surface area (TPSA) is 55.8 Å². The van der Waals surface area contributed by atoms with Crippen LogP contribution in [0.4, 0.5) is 0 Å². The second-order valence-corrected chi connectivity index (χ2v) is 7.74. The first-order valence-corrected chi connectivity index (χ1v) is 9.86. The maximum atomic E-state index is 10.9. The van der Waals surface area contributed by atoms with Crippen molar-refractivity contribution in [3.8, 4) is 11.5 Å². The van der Waals surface area contributed by atoms with Crippen molar-refractivity contribution in [1.82, 2.24) is 0 Å². The third-order valence-corrected chi connectivity index (χ3v) is 5.73. The minimum atomic E-state index is -0.705. The van der Waals surface area contributed by atoms with Crippen molar-refractivity contribution in [2.45, 2.75) is 44.1 Å². The lowest BCUT2D eigenvalue weighted by Crippen LogP contribution is -2.24. The monoisotopic (exact) mass is 366 g/mol. The van der Waals surface area contributed by atoms with Gasteiger partial charge in [-0.25, -0.2) is 0 Å². The van der Waals surface area contributed by atoms with E-state index in [1.807, 2.05) is 42.5 Å². The molecule has 0 unspecified atom stereocenters. The molecule has 0 radical (unpaired) electrons. The van der Waals surface area contributed by atoms with Gasteiger partial charge in [-0.2, -0.15) is 0 Å². The number of carboxylic acids is 1. The van der Waals surface area contributed by atoms with Crippen LogP contribution in [0.3, 0.4) is 0 Å². The summed E-state index contributed by atoms with van der Waals surface area (Å²) in [6, 6.07) is 18.4. The predicted molar refractivity (Wildman–Crippen MR) is 103 cm³/mol. The highest BCUT2D eigenvalue weighted by Crippen LogP contribution is 2.39. The first kappa shape index (κ1) is 17.9. The number of rotatable bonds is 7. The van der Waals surface area contributed by atoms with Gasteiger partial charge in [0.1, 0.15) is 11.5 Å². The summed E-state index contributed by atoms with van der Waals surface area (Å²) in [6.07, 6.45) is 5.52. The third-order valence-electron chi connectivity index (χ3n) is 5.73. The number of benzene rings is 2. The number of aliphatic carboxylic acids is 1. The Hall–Kier alpha value is -2.49. The zero-order valence-electron chi connectivity index (χ0n) is 15.4. The molecule has 4 rings (SSSR count). The maximum absolute atomic E-state index is 10.9. The van der Waals surface area contributed by atoms with Crippen LogP contribution in [0.1, 0.15) is 43.6 Å². The summed E-state index contributed by atoms with van der Waals surface area (Å²) in [5.41, 5.74) is 1.33. The Labute approximate surface area is 160 Å². The number of carbonyl (C=O) groups is 1. The third kappa shape index (κ3) is 4.62. The molecule has 2 saturated carbocycles. The lowest BCUT2D eigenvalue weighted by Gasteiger charge is -2.30. The van der Waals surface area contributed by atoms with Gasteiger partial charge in [-0.15, -0.1) is 0 Å². The molecule has 4 nitrogen and oxygen atoms in total. The SMILES string of the molecule is O=C(O)[C@@H]1C[C@H]1COc1ccc([C@@H]2CCC[C@@H](Oc3ccccc3)C2)cc1. The van der Waals surface area contributed by atoms with Crippen LogP contribution in [-0.2, 0) is 4.79 Å². The Balaban J connectivity index is 1.29. The summed E-state index contributed by atoms with van der Waals surface area (Å²) < 4.78 is 11.9. The van der Waals surface area contributed by atoms with Gasteiger partial charge in [0.05, 0.1) is 18.6 Å². The maximum Gasteiger partial charge on any atom is 0.306 e. The summed E-state index contributed by atoms with van der Waals surface area (Å²) in [5, 5.41) is 8.95. The molecule has 0 aliphatic heterocycles. The van der Waals surface area contributed by atoms with Gasteiger partial charge in [-0.05, 0) is 67.9 Å². The Morgan fingerprint density at radius 3 is 2.44 bits per heavy atom. The van der Waals surface area contributed by atoms with E-state index in [-0.39, 0.29) is 17.9 Å². The molecule has 2 aromatic rings. The molecule has 2 aliphatic rings. The molecule has 142 valence electrons. The molecular weight excluding hydrogens is 340 g/mol. The van der Waals surface area contributed by atoms with E-state index in [0.29, 0.717) is 12.5 Å². The molecule has 0 bridgehead atoms. The Morgan fingerprint density at radius 2 is 1.74 bits per heavy atom. The average Bonchev–Trinajstić information content (AvgIpc) is 3.48. The summed E-state index contributed by atoms with van der Waals surface area (Å²) in [7, 11) is 0. The van der Waals surface area contributed by atoms with E-state index in [2.05, 4.69) is 12.1 Å². The molecule has 0 spiro atoms. The largest absolute Gasteiger partial charge is 0.493 e. The van der Waals surface area contributed by atoms with E-state index in [4.69, 9.17) is 14.6 Å². The van der Waals surface area contributed by atoms with Crippen LogP contribution in [0.15, 0.2) is 54.6 Å². The fourth-order valence-electron chi connectivity index (χ4n) is 4.02. The highest BCUT2D eigenvalue weighted by Gasteiger charge is 2.43. The van der Waals surface area contributed by atoms with E-state index < -0.39 is 5.97 Å². The van der Waals surface area contributed by atoms with Gasteiger partial charge in [0.2, 0.25) is 0 Å². The van der Waals surface area contributed by atoms with Crippen molar-refractivity contribution in [3.63, 3.8) is 0 Å². The predicted octanol–water partition coefficient (Wildman–Crippen LogP) is 4.89. The van der Waals surface area contributed by atoms with Crippen LogP contribution < -0.4 is 9.47 Å². The molecule has 2 aromatic carbocycles. The normalized spacial score (nSPS) is 27.0. The molecular formula is C23H26O4. The second kappa shape index (κ2) is 8.03.